The van der Waals surface area contributed by atoms with Gasteiger partial charge in [-0.05, 0) is 64.6 Å². The lowest BCUT2D eigenvalue weighted by Gasteiger charge is -2.55. The van der Waals surface area contributed by atoms with Crippen molar-refractivity contribution in [3.05, 3.63) is 131 Å². The molecule has 0 spiro atoms. The molecule has 0 radical (unpaired) electrons. The zero-order valence-electron chi connectivity index (χ0n) is 24.8. The second-order valence-corrected chi connectivity index (χ2v) is 12.7. The Morgan fingerprint density at radius 3 is 1.88 bits per heavy atom. The molecule has 0 aliphatic heterocycles. The summed E-state index contributed by atoms with van der Waals surface area (Å²) < 4.78 is 12.9. The number of ether oxygens (including phenoxy) is 2. The number of hydrogen-bond donors (Lipinski definition) is 0. The molecule has 4 nitrogen and oxygen atoms in total. The van der Waals surface area contributed by atoms with Crippen LogP contribution < -0.4 is 0 Å². The second-order valence-electron chi connectivity index (χ2n) is 12.7. The number of rotatable bonds is 5. The minimum absolute atomic E-state index is 0.0185. The van der Waals surface area contributed by atoms with Crippen molar-refractivity contribution >= 4 is 11.9 Å². The summed E-state index contributed by atoms with van der Waals surface area (Å²) in [6.45, 7) is 13.1. The Balaban J connectivity index is 1.70. The average molecular weight is 549 g/mol. The minimum atomic E-state index is -0.707. The van der Waals surface area contributed by atoms with Gasteiger partial charge in [0.1, 0.15) is 12.2 Å². The number of aryl methyl sites for hydroxylation is 1. The molecule has 1 fully saturated rings. The van der Waals surface area contributed by atoms with Gasteiger partial charge in [0.2, 0.25) is 0 Å². The molecule has 2 aliphatic rings. The number of fused-ring (bicyclic) bond motifs is 1. The molecular weight excluding hydrogens is 508 g/mol. The Morgan fingerprint density at radius 1 is 0.756 bits per heavy atom. The average Bonchev–Trinajstić information content (AvgIpc) is 2.96. The van der Waals surface area contributed by atoms with Crippen LogP contribution in [0.1, 0.15) is 77.9 Å². The molecule has 0 aromatic heterocycles. The first-order valence-electron chi connectivity index (χ1n) is 14.5. The third kappa shape index (κ3) is 5.40. The molecular formula is C37H40O4. The van der Waals surface area contributed by atoms with Gasteiger partial charge in [0, 0.05) is 11.8 Å². The standard InChI is InChI=1S/C37H40O4/c1-24-16-15-22-28(36(3,4)5)30(24)31-29-21-13-14-23-37(29,6)25(2)32(40-34(38)26-17-9-7-10-18-26)33(31)41-35(39)27-19-11-8-12-20-27/h7-23,25,29,31-33H,1-6H3. The third-order valence-electron chi connectivity index (χ3n) is 9.11. The molecule has 3 aromatic rings. The van der Waals surface area contributed by atoms with Crippen molar-refractivity contribution in [2.75, 3.05) is 0 Å². The van der Waals surface area contributed by atoms with Crippen LogP contribution in [0.3, 0.4) is 0 Å². The Labute approximate surface area is 244 Å². The van der Waals surface area contributed by atoms with Crippen molar-refractivity contribution in [2.24, 2.45) is 17.3 Å². The van der Waals surface area contributed by atoms with Crippen LogP contribution in [0.4, 0.5) is 0 Å². The van der Waals surface area contributed by atoms with Crippen molar-refractivity contribution in [3.63, 3.8) is 0 Å². The van der Waals surface area contributed by atoms with Gasteiger partial charge >= 0.3 is 11.9 Å². The van der Waals surface area contributed by atoms with Crippen molar-refractivity contribution in [1.82, 2.24) is 0 Å². The molecule has 6 atom stereocenters. The van der Waals surface area contributed by atoms with Crippen molar-refractivity contribution in [2.45, 2.75) is 65.1 Å². The lowest BCUT2D eigenvalue weighted by atomic mass is 9.52. The highest BCUT2D eigenvalue weighted by atomic mass is 16.6. The zero-order chi connectivity index (χ0) is 29.4. The first-order valence-corrected chi connectivity index (χ1v) is 14.5. The molecule has 4 heteroatoms. The van der Waals surface area contributed by atoms with Gasteiger partial charge in [0.05, 0.1) is 11.1 Å². The minimum Gasteiger partial charge on any atom is -0.454 e. The fourth-order valence-corrected chi connectivity index (χ4v) is 6.74. The number of allylic oxidation sites excluding steroid dienone is 4. The predicted octanol–water partition coefficient (Wildman–Crippen LogP) is 8.23. The Morgan fingerprint density at radius 2 is 1.32 bits per heavy atom. The van der Waals surface area contributed by atoms with E-state index in [9.17, 15) is 9.59 Å². The van der Waals surface area contributed by atoms with Crippen molar-refractivity contribution in [3.8, 4) is 0 Å². The lowest BCUT2D eigenvalue weighted by molar-refractivity contribution is -0.121. The van der Waals surface area contributed by atoms with Crippen LogP contribution in [0, 0.1) is 24.2 Å². The van der Waals surface area contributed by atoms with Crippen molar-refractivity contribution in [1.29, 1.82) is 0 Å². The summed E-state index contributed by atoms with van der Waals surface area (Å²) in [6, 6.07) is 24.5. The molecule has 6 unspecified atom stereocenters. The maximum Gasteiger partial charge on any atom is 0.338 e. The molecule has 0 heterocycles. The van der Waals surface area contributed by atoms with E-state index < -0.39 is 24.1 Å². The van der Waals surface area contributed by atoms with Crippen LogP contribution in [0.5, 0.6) is 0 Å². The van der Waals surface area contributed by atoms with Crippen LogP contribution >= 0.6 is 0 Å². The third-order valence-corrected chi connectivity index (χ3v) is 9.11. The Bertz CT molecular complexity index is 1460. The van der Waals surface area contributed by atoms with Gasteiger partial charge in [0.15, 0.2) is 0 Å². The molecule has 5 rings (SSSR count). The number of benzene rings is 3. The lowest BCUT2D eigenvalue weighted by Crippen LogP contribution is -2.58. The van der Waals surface area contributed by atoms with E-state index in [1.54, 1.807) is 24.3 Å². The normalized spacial score (nSPS) is 27.1. The van der Waals surface area contributed by atoms with E-state index in [0.717, 1.165) is 11.1 Å². The van der Waals surface area contributed by atoms with E-state index in [0.29, 0.717) is 11.1 Å². The van der Waals surface area contributed by atoms with E-state index in [-0.39, 0.29) is 28.6 Å². The number of esters is 2. The quantitative estimate of drug-likeness (QED) is 0.301. The topological polar surface area (TPSA) is 52.6 Å². The highest BCUT2D eigenvalue weighted by Gasteiger charge is 2.58. The number of carbonyl (C=O) groups excluding carboxylic acids is 2. The van der Waals surface area contributed by atoms with Crippen LogP contribution in [-0.4, -0.2) is 24.1 Å². The molecule has 2 aliphatic carbocycles. The summed E-state index contributed by atoms with van der Waals surface area (Å²) >= 11 is 0. The fourth-order valence-electron chi connectivity index (χ4n) is 6.74. The van der Waals surface area contributed by atoms with Crippen LogP contribution in [0.15, 0.2) is 103 Å². The molecule has 0 N–H and O–H groups in total. The highest BCUT2D eigenvalue weighted by molar-refractivity contribution is 5.90. The molecule has 0 bridgehead atoms. The smallest absolute Gasteiger partial charge is 0.338 e. The van der Waals surface area contributed by atoms with Gasteiger partial charge in [-0.2, -0.15) is 0 Å². The monoisotopic (exact) mass is 548 g/mol. The summed E-state index contributed by atoms with van der Waals surface area (Å²) in [5.41, 5.74) is 3.96. The summed E-state index contributed by atoms with van der Waals surface area (Å²) in [5.74, 6) is -1.19. The van der Waals surface area contributed by atoms with Crippen molar-refractivity contribution < 1.29 is 19.1 Å². The number of hydrogen-bond acceptors (Lipinski definition) is 4. The summed E-state index contributed by atoms with van der Waals surface area (Å²) in [7, 11) is 0. The van der Waals surface area contributed by atoms with Gasteiger partial charge in [-0.3, -0.25) is 0 Å². The highest BCUT2D eigenvalue weighted by Crippen LogP contribution is 2.57. The molecule has 41 heavy (non-hydrogen) atoms. The van der Waals surface area contributed by atoms with Gasteiger partial charge in [-0.1, -0.05) is 114 Å². The van der Waals surface area contributed by atoms with Crippen LogP contribution in [-0.2, 0) is 14.9 Å². The molecule has 0 saturated heterocycles. The van der Waals surface area contributed by atoms with E-state index in [1.807, 2.05) is 36.4 Å². The van der Waals surface area contributed by atoms with Crippen LogP contribution in [0.2, 0.25) is 0 Å². The first kappa shape index (κ1) is 28.6. The van der Waals surface area contributed by atoms with E-state index in [4.69, 9.17) is 9.47 Å². The van der Waals surface area contributed by atoms with E-state index in [2.05, 4.69) is 84.0 Å². The zero-order valence-corrected chi connectivity index (χ0v) is 24.8. The van der Waals surface area contributed by atoms with Gasteiger partial charge < -0.3 is 9.47 Å². The van der Waals surface area contributed by atoms with Crippen LogP contribution in [0.25, 0.3) is 0 Å². The van der Waals surface area contributed by atoms with Gasteiger partial charge in [0.25, 0.3) is 0 Å². The number of carbonyl (C=O) groups is 2. The molecule has 212 valence electrons. The molecule has 0 amide bonds. The molecule has 3 aromatic carbocycles. The Kier molecular flexibility index (Phi) is 7.78. The summed E-state index contributed by atoms with van der Waals surface area (Å²) in [4.78, 5) is 27.3. The first-order chi connectivity index (χ1) is 19.5. The summed E-state index contributed by atoms with van der Waals surface area (Å²) in [5, 5.41) is 0. The van der Waals surface area contributed by atoms with Gasteiger partial charge in [-0.25, -0.2) is 9.59 Å². The van der Waals surface area contributed by atoms with E-state index >= 15 is 0 Å². The maximum atomic E-state index is 13.7. The largest absolute Gasteiger partial charge is 0.454 e. The SMILES string of the molecule is Cc1cccc(C(C)(C)C)c1C1C(OC(=O)c2ccccc2)C(OC(=O)c2ccccc2)C(C)C2(C)C=CC=CC12. The van der Waals surface area contributed by atoms with Gasteiger partial charge in [-0.15, -0.1) is 0 Å². The maximum absolute atomic E-state index is 13.7. The Hall–Kier alpha value is -3.92. The van der Waals surface area contributed by atoms with E-state index in [1.165, 1.54) is 5.56 Å². The summed E-state index contributed by atoms with van der Waals surface area (Å²) in [6.07, 6.45) is 7.28. The second kappa shape index (κ2) is 11.2. The molecule has 1 saturated carbocycles. The predicted molar refractivity (Wildman–Crippen MR) is 163 cm³/mol. The fraction of sp³-hybridized carbons (Fsp3) is 0.351.